The number of carbonyl (C=O) groups excluding carboxylic acids is 1. The molecular formula is C31H35Cl2FN2O6S. The Morgan fingerprint density at radius 3 is 2.33 bits per heavy atom. The lowest BCUT2D eigenvalue weighted by Crippen LogP contribution is -2.44. The van der Waals surface area contributed by atoms with Crippen molar-refractivity contribution in [3.63, 3.8) is 0 Å². The number of benzene rings is 3. The summed E-state index contributed by atoms with van der Waals surface area (Å²) in [4.78, 5) is 14.6. The number of ether oxygens (including phenoxy) is 3. The van der Waals surface area contributed by atoms with Crippen LogP contribution in [0.4, 0.5) is 10.1 Å². The highest BCUT2D eigenvalue weighted by atomic mass is 35.5. The molecule has 1 N–H and O–H groups in total. The highest BCUT2D eigenvalue weighted by Gasteiger charge is 2.57. The first-order valence-corrected chi connectivity index (χ1v) is 15.7. The van der Waals surface area contributed by atoms with E-state index < -0.39 is 27.2 Å². The Labute approximate surface area is 262 Å². The van der Waals surface area contributed by atoms with Crippen LogP contribution in [0.5, 0.6) is 17.2 Å². The number of halogens is 3. The SMILES string of the molecule is COc1ccc(S(=O)(=O)N2C(=O)C(CCCC3CCNCC3)(c3ccccc3F)c3cc(Cl)c(OC)cc32)c(OC)c1.Cl. The average molecular weight is 654 g/mol. The zero-order valence-corrected chi connectivity index (χ0v) is 26.6. The first-order valence-electron chi connectivity index (χ1n) is 13.8. The smallest absolute Gasteiger partial charge is 0.274 e. The van der Waals surface area contributed by atoms with Crippen LogP contribution in [0.15, 0.2) is 59.5 Å². The van der Waals surface area contributed by atoms with Crippen LogP contribution >= 0.6 is 24.0 Å². The van der Waals surface area contributed by atoms with E-state index in [9.17, 15) is 13.2 Å². The number of nitrogens with one attached hydrogen (secondary N) is 1. The summed E-state index contributed by atoms with van der Waals surface area (Å²) >= 11 is 6.59. The van der Waals surface area contributed by atoms with Crippen LogP contribution in [0.1, 0.15) is 43.2 Å². The number of amides is 1. The van der Waals surface area contributed by atoms with E-state index in [4.69, 9.17) is 25.8 Å². The van der Waals surface area contributed by atoms with Gasteiger partial charge in [-0.05, 0) is 68.1 Å². The number of nitrogens with zero attached hydrogens (tertiary/aromatic N) is 1. The van der Waals surface area contributed by atoms with Crippen LogP contribution in [0.25, 0.3) is 0 Å². The third kappa shape index (κ3) is 5.78. The minimum atomic E-state index is -4.57. The van der Waals surface area contributed by atoms with Gasteiger partial charge in [-0.1, -0.05) is 42.6 Å². The van der Waals surface area contributed by atoms with Crippen molar-refractivity contribution in [2.75, 3.05) is 38.7 Å². The van der Waals surface area contributed by atoms with Gasteiger partial charge in [0.05, 0.1) is 32.0 Å². The van der Waals surface area contributed by atoms with E-state index in [1.807, 2.05) is 0 Å². The predicted octanol–water partition coefficient (Wildman–Crippen LogP) is 6.12. The lowest BCUT2D eigenvalue weighted by atomic mass is 9.71. The van der Waals surface area contributed by atoms with Gasteiger partial charge in [-0.25, -0.2) is 17.1 Å². The summed E-state index contributed by atoms with van der Waals surface area (Å²) in [5, 5.41) is 3.54. The molecule has 1 amide bonds. The fourth-order valence-corrected chi connectivity index (χ4v) is 8.06. The summed E-state index contributed by atoms with van der Waals surface area (Å²) in [7, 11) is -0.384. The largest absolute Gasteiger partial charge is 0.497 e. The van der Waals surface area contributed by atoms with Crippen LogP contribution in [-0.4, -0.2) is 48.7 Å². The fourth-order valence-electron chi connectivity index (χ4n) is 6.20. The van der Waals surface area contributed by atoms with Crippen molar-refractivity contribution in [3.05, 3.63) is 76.6 Å². The zero-order chi connectivity index (χ0) is 30.1. The van der Waals surface area contributed by atoms with E-state index >= 15 is 4.39 Å². The highest BCUT2D eigenvalue weighted by Crippen LogP contribution is 2.54. The standard InChI is InChI=1S/C31H34ClFN2O6S.ClH/c1-39-21-10-11-29(28(17-21)41-3)42(37,38)35-26-19-27(40-2)24(32)18-23(26)31(30(35)36,22-8-4-5-9-25(22)33)14-6-7-20-12-15-34-16-13-20;/h4-5,8-11,17-20,34H,6-7,12-16H2,1-3H3;1H. The van der Waals surface area contributed by atoms with Crippen molar-refractivity contribution in [3.8, 4) is 17.2 Å². The molecule has 1 saturated heterocycles. The lowest BCUT2D eigenvalue weighted by molar-refractivity contribution is -0.121. The Kier molecular flexibility index (Phi) is 10.2. The fraction of sp³-hybridized carbons (Fsp3) is 0.387. The number of piperidine rings is 1. The third-order valence-electron chi connectivity index (χ3n) is 8.34. The first-order chi connectivity index (χ1) is 20.2. The topological polar surface area (TPSA) is 94.2 Å². The minimum absolute atomic E-state index is 0. The molecule has 5 rings (SSSR count). The van der Waals surface area contributed by atoms with Crippen molar-refractivity contribution < 1.29 is 31.8 Å². The molecule has 0 saturated carbocycles. The van der Waals surface area contributed by atoms with Crippen molar-refractivity contribution >= 4 is 45.6 Å². The molecule has 0 aliphatic carbocycles. The predicted molar refractivity (Wildman–Crippen MR) is 166 cm³/mol. The van der Waals surface area contributed by atoms with Gasteiger partial charge in [-0.3, -0.25) is 4.79 Å². The van der Waals surface area contributed by atoms with E-state index in [0.29, 0.717) is 23.7 Å². The molecule has 1 unspecified atom stereocenters. The third-order valence-corrected chi connectivity index (χ3v) is 10.4. The number of rotatable bonds is 10. The van der Waals surface area contributed by atoms with Crippen molar-refractivity contribution in [1.29, 1.82) is 0 Å². The van der Waals surface area contributed by atoms with Gasteiger partial charge < -0.3 is 19.5 Å². The molecule has 1 atom stereocenters. The van der Waals surface area contributed by atoms with Gasteiger partial charge in [0, 0.05) is 17.7 Å². The second-order valence-electron chi connectivity index (χ2n) is 10.6. The van der Waals surface area contributed by atoms with E-state index in [1.54, 1.807) is 18.2 Å². The summed E-state index contributed by atoms with van der Waals surface area (Å²) in [6.07, 6.45) is 3.62. The maximum Gasteiger partial charge on any atom is 0.274 e. The molecule has 8 nitrogen and oxygen atoms in total. The van der Waals surface area contributed by atoms with Crippen LogP contribution in [0, 0.1) is 11.7 Å². The van der Waals surface area contributed by atoms with Crippen molar-refractivity contribution in [1.82, 2.24) is 5.32 Å². The number of fused-ring (bicyclic) bond motifs is 1. The lowest BCUT2D eigenvalue weighted by Gasteiger charge is -2.31. The van der Waals surface area contributed by atoms with Crippen molar-refractivity contribution in [2.45, 2.75) is 42.4 Å². The Hall–Kier alpha value is -3.05. The number of anilines is 1. The van der Waals surface area contributed by atoms with E-state index in [-0.39, 0.29) is 51.5 Å². The number of methoxy groups -OCH3 is 3. The van der Waals surface area contributed by atoms with Crippen LogP contribution in [0.3, 0.4) is 0 Å². The minimum Gasteiger partial charge on any atom is -0.497 e. The van der Waals surface area contributed by atoms with Gasteiger partial charge >= 0.3 is 0 Å². The van der Waals surface area contributed by atoms with Crippen LogP contribution in [0.2, 0.25) is 5.02 Å². The number of hydrogen-bond donors (Lipinski definition) is 1. The normalized spacial score (nSPS) is 18.6. The summed E-state index contributed by atoms with van der Waals surface area (Å²) in [5.41, 5.74) is -1.17. The zero-order valence-electron chi connectivity index (χ0n) is 24.2. The summed E-state index contributed by atoms with van der Waals surface area (Å²) < 4.78 is 61.3. The van der Waals surface area contributed by atoms with Gasteiger partial charge in [0.1, 0.15) is 33.4 Å². The average Bonchev–Trinajstić information content (AvgIpc) is 3.24. The van der Waals surface area contributed by atoms with Gasteiger partial charge in [0.2, 0.25) is 0 Å². The highest BCUT2D eigenvalue weighted by molar-refractivity contribution is 7.93. The molecule has 0 bridgehead atoms. The van der Waals surface area contributed by atoms with E-state index in [1.165, 1.54) is 57.7 Å². The number of carbonyl (C=O) groups is 1. The molecule has 232 valence electrons. The molecular weight excluding hydrogens is 618 g/mol. The molecule has 3 aromatic carbocycles. The molecule has 0 radical (unpaired) electrons. The second kappa shape index (κ2) is 13.3. The molecule has 43 heavy (non-hydrogen) atoms. The summed E-state index contributed by atoms with van der Waals surface area (Å²) in [6.45, 7) is 1.85. The Morgan fingerprint density at radius 1 is 0.977 bits per heavy atom. The molecule has 0 aromatic heterocycles. The Balaban J connectivity index is 0.00000423. The molecule has 1 fully saturated rings. The van der Waals surface area contributed by atoms with Gasteiger partial charge in [0.25, 0.3) is 15.9 Å². The van der Waals surface area contributed by atoms with E-state index in [2.05, 4.69) is 5.32 Å². The maximum absolute atomic E-state index is 15.7. The first kappa shape index (κ1) is 32.9. The van der Waals surface area contributed by atoms with E-state index in [0.717, 1.165) is 36.7 Å². The number of sulfonamides is 1. The quantitative estimate of drug-likeness (QED) is 0.282. The number of hydrogen-bond acceptors (Lipinski definition) is 7. The Bertz CT molecular complexity index is 1600. The van der Waals surface area contributed by atoms with Gasteiger partial charge in [0.15, 0.2) is 0 Å². The summed E-state index contributed by atoms with van der Waals surface area (Å²) in [5.74, 6) is -0.362. The van der Waals surface area contributed by atoms with Crippen LogP contribution < -0.4 is 23.8 Å². The van der Waals surface area contributed by atoms with Crippen LogP contribution in [-0.2, 0) is 20.2 Å². The molecule has 2 aliphatic rings. The monoisotopic (exact) mass is 652 g/mol. The maximum atomic E-state index is 15.7. The molecule has 12 heteroatoms. The van der Waals surface area contributed by atoms with Gasteiger partial charge in [-0.15, -0.1) is 12.4 Å². The second-order valence-corrected chi connectivity index (χ2v) is 12.7. The van der Waals surface area contributed by atoms with Gasteiger partial charge in [-0.2, -0.15) is 0 Å². The molecule has 2 aliphatic heterocycles. The summed E-state index contributed by atoms with van der Waals surface area (Å²) in [6, 6.07) is 13.2. The molecule has 2 heterocycles. The Morgan fingerprint density at radius 2 is 1.67 bits per heavy atom. The van der Waals surface area contributed by atoms with Crippen molar-refractivity contribution in [2.24, 2.45) is 5.92 Å². The molecule has 3 aromatic rings. The molecule has 0 spiro atoms.